The Morgan fingerprint density at radius 2 is 1.90 bits per heavy atom. The van der Waals surface area contributed by atoms with Gasteiger partial charge in [-0.05, 0) is 37.1 Å². The number of hydrogen-bond acceptors (Lipinski definition) is 4. The molecule has 0 unspecified atom stereocenters. The molecule has 0 atom stereocenters. The number of rotatable bonds is 7. The maximum absolute atomic E-state index is 12.9. The number of aryl methyl sites for hydroxylation is 1. The fraction of sp³-hybridized carbons (Fsp3) is 0.375. The van der Waals surface area contributed by atoms with Crippen molar-refractivity contribution >= 4 is 17.6 Å². The molecule has 0 fully saturated rings. The third kappa shape index (κ3) is 5.01. The monoisotopic (exact) mass is 305 g/mol. The zero-order valence-corrected chi connectivity index (χ0v) is 13.2. The second-order valence-corrected chi connectivity index (χ2v) is 5.73. The Kier molecular flexibility index (Phi) is 5.99. The number of anilines is 1. The van der Waals surface area contributed by atoms with Gasteiger partial charge in [0.15, 0.2) is 0 Å². The van der Waals surface area contributed by atoms with Crippen LogP contribution in [0.1, 0.15) is 31.8 Å². The van der Waals surface area contributed by atoms with Crippen LogP contribution >= 0.6 is 11.8 Å². The lowest BCUT2D eigenvalue weighted by atomic mass is 10.3. The molecular weight excluding hydrogens is 285 g/mol. The molecule has 2 rings (SSSR count). The van der Waals surface area contributed by atoms with Crippen LogP contribution in [-0.2, 0) is 12.2 Å². The summed E-state index contributed by atoms with van der Waals surface area (Å²) in [6.45, 7) is 5.12. The Hall–Kier alpha value is -1.62. The van der Waals surface area contributed by atoms with Gasteiger partial charge in [0.25, 0.3) is 0 Å². The average Bonchev–Trinajstić information content (AvgIpc) is 2.52. The molecule has 0 saturated heterocycles. The average molecular weight is 305 g/mol. The fourth-order valence-electron chi connectivity index (χ4n) is 1.82. The van der Waals surface area contributed by atoms with Crippen LogP contribution in [0.4, 0.5) is 10.2 Å². The van der Waals surface area contributed by atoms with Crippen molar-refractivity contribution in [3.05, 3.63) is 47.7 Å². The normalized spacial score (nSPS) is 10.6. The van der Waals surface area contributed by atoms with E-state index in [1.54, 1.807) is 23.9 Å². The summed E-state index contributed by atoms with van der Waals surface area (Å²) in [7, 11) is 0. The molecule has 0 aliphatic heterocycles. The van der Waals surface area contributed by atoms with Crippen LogP contribution in [0, 0.1) is 5.82 Å². The molecule has 2 aromatic rings. The molecule has 0 amide bonds. The van der Waals surface area contributed by atoms with Gasteiger partial charge in [0.1, 0.15) is 17.5 Å². The highest BCUT2D eigenvalue weighted by Gasteiger charge is 2.05. The van der Waals surface area contributed by atoms with E-state index in [4.69, 9.17) is 0 Å². The largest absolute Gasteiger partial charge is 0.370 e. The van der Waals surface area contributed by atoms with E-state index in [-0.39, 0.29) is 5.82 Å². The van der Waals surface area contributed by atoms with Gasteiger partial charge in [-0.15, -0.1) is 11.8 Å². The van der Waals surface area contributed by atoms with Gasteiger partial charge < -0.3 is 5.32 Å². The Morgan fingerprint density at radius 3 is 2.57 bits per heavy atom. The number of thioether (sulfide) groups is 1. The second-order valence-electron chi connectivity index (χ2n) is 4.68. The summed E-state index contributed by atoms with van der Waals surface area (Å²) in [6.07, 6.45) is 1.95. The van der Waals surface area contributed by atoms with Crippen LogP contribution in [0.3, 0.4) is 0 Å². The summed E-state index contributed by atoms with van der Waals surface area (Å²) in [6, 6.07) is 8.50. The van der Waals surface area contributed by atoms with Gasteiger partial charge in [-0.2, -0.15) is 0 Å². The minimum atomic E-state index is -0.213. The van der Waals surface area contributed by atoms with Gasteiger partial charge in [-0.3, -0.25) is 0 Å². The Bertz CT molecular complexity index is 572. The highest BCUT2D eigenvalue weighted by atomic mass is 32.2. The van der Waals surface area contributed by atoms with Crippen LogP contribution in [-0.4, -0.2) is 16.5 Å². The highest BCUT2D eigenvalue weighted by molar-refractivity contribution is 7.98. The first-order valence-corrected chi connectivity index (χ1v) is 8.19. The van der Waals surface area contributed by atoms with Gasteiger partial charge in [0.05, 0.1) is 5.75 Å². The minimum absolute atomic E-state index is 0.213. The Labute approximate surface area is 129 Å². The number of benzene rings is 1. The van der Waals surface area contributed by atoms with E-state index in [0.717, 1.165) is 41.6 Å². The molecule has 0 spiro atoms. The van der Waals surface area contributed by atoms with Crippen molar-refractivity contribution in [3.63, 3.8) is 0 Å². The molecule has 21 heavy (non-hydrogen) atoms. The molecule has 0 aliphatic rings. The van der Waals surface area contributed by atoms with E-state index in [1.165, 1.54) is 12.1 Å². The van der Waals surface area contributed by atoms with Crippen molar-refractivity contribution in [2.75, 3.05) is 11.9 Å². The van der Waals surface area contributed by atoms with E-state index < -0.39 is 0 Å². The van der Waals surface area contributed by atoms with Crippen LogP contribution in [0.5, 0.6) is 0 Å². The predicted molar refractivity (Wildman–Crippen MR) is 86.2 cm³/mol. The first kappa shape index (κ1) is 15.8. The maximum atomic E-state index is 12.9. The SMILES string of the molecule is CCCNc1cc(CC)nc(CSc2ccc(F)cc2)n1. The molecule has 112 valence electrons. The van der Waals surface area contributed by atoms with Crippen molar-refractivity contribution in [2.45, 2.75) is 37.3 Å². The Balaban J connectivity index is 2.05. The van der Waals surface area contributed by atoms with E-state index in [2.05, 4.69) is 29.1 Å². The lowest BCUT2D eigenvalue weighted by molar-refractivity contribution is 0.626. The first-order valence-electron chi connectivity index (χ1n) is 7.20. The van der Waals surface area contributed by atoms with Crippen LogP contribution in [0.2, 0.25) is 0 Å². The zero-order chi connectivity index (χ0) is 15.1. The van der Waals surface area contributed by atoms with Crippen LogP contribution < -0.4 is 5.32 Å². The summed E-state index contributed by atoms with van der Waals surface area (Å²) >= 11 is 1.61. The summed E-state index contributed by atoms with van der Waals surface area (Å²) in [5.74, 6) is 2.16. The molecule has 1 N–H and O–H groups in total. The van der Waals surface area contributed by atoms with Crippen molar-refractivity contribution in [2.24, 2.45) is 0 Å². The third-order valence-corrected chi connectivity index (χ3v) is 3.93. The summed E-state index contributed by atoms with van der Waals surface area (Å²) in [5, 5.41) is 3.31. The quantitative estimate of drug-likeness (QED) is 0.774. The highest BCUT2D eigenvalue weighted by Crippen LogP contribution is 2.22. The first-order chi connectivity index (χ1) is 10.2. The van der Waals surface area contributed by atoms with Gasteiger partial charge >= 0.3 is 0 Å². The van der Waals surface area contributed by atoms with E-state index in [9.17, 15) is 4.39 Å². The van der Waals surface area contributed by atoms with Crippen molar-refractivity contribution in [3.8, 4) is 0 Å². The molecule has 0 bridgehead atoms. The lowest BCUT2D eigenvalue weighted by Gasteiger charge is -2.08. The van der Waals surface area contributed by atoms with E-state index in [0.29, 0.717) is 5.75 Å². The topological polar surface area (TPSA) is 37.8 Å². The van der Waals surface area contributed by atoms with Crippen molar-refractivity contribution < 1.29 is 4.39 Å². The third-order valence-electron chi connectivity index (χ3n) is 2.93. The maximum Gasteiger partial charge on any atom is 0.141 e. The molecule has 3 nitrogen and oxygen atoms in total. The van der Waals surface area contributed by atoms with E-state index in [1.807, 2.05) is 6.07 Å². The van der Waals surface area contributed by atoms with Gasteiger partial charge in [-0.1, -0.05) is 13.8 Å². The predicted octanol–water partition coefficient (Wildman–Crippen LogP) is 4.29. The fourth-order valence-corrected chi connectivity index (χ4v) is 2.57. The number of nitrogens with zero attached hydrogens (tertiary/aromatic N) is 2. The number of nitrogens with one attached hydrogen (secondary N) is 1. The summed E-state index contributed by atoms with van der Waals surface area (Å²) < 4.78 is 12.9. The minimum Gasteiger partial charge on any atom is -0.370 e. The van der Waals surface area contributed by atoms with Gasteiger partial charge in [-0.25, -0.2) is 14.4 Å². The molecule has 0 aliphatic carbocycles. The molecule has 1 heterocycles. The molecular formula is C16H20FN3S. The number of hydrogen-bond donors (Lipinski definition) is 1. The Morgan fingerprint density at radius 1 is 1.14 bits per heavy atom. The summed E-state index contributed by atoms with van der Waals surface area (Å²) in [5.41, 5.74) is 1.04. The molecule has 5 heteroatoms. The molecule has 0 radical (unpaired) electrons. The number of aromatic nitrogens is 2. The second kappa shape index (κ2) is 7.98. The summed E-state index contributed by atoms with van der Waals surface area (Å²) in [4.78, 5) is 10.1. The van der Waals surface area contributed by atoms with Crippen LogP contribution in [0.25, 0.3) is 0 Å². The molecule has 1 aromatic carbocycles. The van der Waals surface area contributed by atoms with Gasteiger partial charge in [0, 0.05) is 23.2 Å². The molecule has 0 saturated carbocycles. The standard InChI is InChI=1S/C16H20FN3S/c1-3-9-18-15-10-13(4-2)19-16(20-15)11-21-14-7-5-12(17)6-8-14/h5-8,10H,3-4,9,11H2,1-2H3,(H,18,19,20). The zero-order valence-electron chi connectivity index (χ0n) is 12.4. The van der Waals surface area contributed by atoms with Crippen LogP contribution in [0.15, 0.2) is 35.2 Å². The smallest absolute Gasteiger partial charge is 0.141 e. The van der Waals surface area contributed by atoms with E-state index >= 15 is 0 Å². The molecule has 1 aromatic heterocycles. The number of halogens is 1. The van der Waals surface area contributed by atoms with Gasteiger partial charge in [0.2, 0.25) is 0 Å². The van der Waals surface area contributed by atoms with Crippen molar-refractivity contribution in [1.82, 2.24) is 9.97 Å². The lowest BCUT2D eigenvalue weighted by Crippen LogP contribution is -2.06. The van der Waals surface area contributed by atoms with Crippen molar-refractivity contribution in [1.29, 1.82) is 0 Å².